The number of carbonyl (C=O) groups is 2. The van der Waals surface area contributed by atoms with Crippen LogP contribution in [0.5, 0.6) is 0 Å². The van der Waals surface area contributed by atoms with Crippen molar-refractivity contribution in [3.05, 3.63) is 41.6 Å². The molecule has 0 spiro atoms. The van der Waals surface area contributed by atoms with Crippen LogP contribution in [0.3, 0.4) is 0 Å². The van der Waals surface area contributed by atoms with Crippen molar-refractivity contribution in [3.63, 3.8) is 0 Å². The largest absolute Gasteiger partial charge is 0.356 e. The van der Waals surface area contributed by atoms with Crippen LogP contribution in [0, 0.1) is 6.92 Å². The van der Waals surface area contributed by atoms with Gasteiger partial charge in [0.25, 0.3) is 0 Å². The molecule has 0 atom stereocenters. The maximum Gasteiger partial charge on any atom is 0.309 e. The van der Waals surface area contributed by atoms with E-state index in [0.717, 1.165) is 24.0 Å². The van der Waals surface area contributed by atoms with E-state index in [1.165, 1.54) is 0 Å². The van der Waals surface area contributed by atoms with Crippen LogP contribution < -0.4 is 10.6 Å². The standard InChI is InChI=1S/C16H17N3O3/c1-10-13(9-17-15(20)16(21)18-12-7-8-12)19-22-14(10)11-5-3-2-4-6-11/h2-6,12H,7-9H2,1H3,(H,17,20)(H,18,21). The Kier molecular flexibility index (Phi) is 3.91. The molecule has 2 amide bonds. The summed E-state index contributed by atoms with van der Waals surface area (Å²) in [7, 11) is 0. The van der Waals surface area contributed by atoms with Gasteiger partial charge in [-0.05, 0) is 19.8 Å². The summed E-state index contributed by atoms with van der Waals surface area (Å²) >= 11 is 0. The summed E-state index contributed by atoms with van der Waals surface area (Å²) < 4.78 is 5.35. The molecule has 1 aromatic carbocycles. The molecule has 0 aliphatic heterocycles. The van der Waals surface area contributed by atoms with Gasteiger partial charge in [0.05, 0.1) is 6.54 Å². The summed E-state index contributed by atoms with van der Waals surface area (Å²) in [6, 6.07) is 9.78. The topological polar surface area (TPSA) is 84.2 Å². The molecule has 1 heterocycles. The number of rotatable bonds is 4. The molecule has 1 saturated carbocycles. The number of amides is 2. The minimum absolute atomic E-state index is 0.164. The van der Waals surface area contributed by atoms with Crippen molar-refractivity contribution in [1.82, 2.24) is 15.8 Å². The quantitative estimate of drug-likeness (QED) is 0.839. The zero-order valence-electron chi connectivity index (χ0n) is 12.3. The van der Waals surface area contributed by atoms with Crippen molar-refractivity contribution in [2.75, 3.05) is 0 Å². The number of nitrogens with one attached hydrogen (secondary N) is 2. The second kappa shape index (κ2) is 6.01. The van der Waals surface area contributed by atoms with Crippen LogP contribution in [0.4, 0.5) is 0 Å². The van der Waals surface area contributed by atoms with E-state index in [9.17, 15) is 9.59 Å². The third kappa shape index (κ3) is 3.16. The number of hydrogen-bond acceptors (Lipinski definition) is 4. The second-order valence-corrected chi connectivity index (χ2v) is 5.38. The third-order valence-corrected chi connectivity index (χ3v) is 3.59. The highest BCUT2D eigenvalue weighted by atomic mass is 16.5. The fourth-order valence-electron chi connectivity index (χ4n) is 2.12. The highest BCUT2D eigenvalue weighted by molar-refractivity contribution is 6.35. The SMILES string of the molecule is Cc1c(CNC(=O)C(=O)NC2CC2)noc1-c1ccccc1. The summed E-state index contributed by atoms with van der Waals surface area (Å²) in [4.78, 5) is 23.2. The summed E-state index contributed by atoms with van der Waals surface area (Å²) in [6.45, 7) is 2.05. The lowest BCUT2D eigenvalue weighted by Crippen LogP contribution is -2.40. The first kappa shape index (κ1) is 14.3. The molecule has 22 heavy (non-hydrogen) atoms. The van der Waals surface area contributed by atoms with Gasteiger partial charge in [-0.3, -0.25) is 9.59 Å². The molecular weight excluding hydrogens is 282 g/mol. The average molecular weight is 299 g/mol. The Labute approximate surface area is 127 Å². The fraction of sp³-hybridized carbons (Fsp3) is 0.312. The highest BCUT2D eigenvalue weighted by Crippen LogP contribution is 2.25. The van der Waals surface area contributed by atoms with Crippen molar-refractivity contribution < 1.29 is 14.1 Å². The predicted octanol–water partition coefficient (Wildman–Crippen LogP) is 1.54. The van der Waals surface area contributed by atoms with Gasteiger partial charge in [0.1, 0.15) is 5.69 Å². The van der Waals surface area contributed by atoms with Gasteiger partial charge in [0.15, 0.2) is 5.76 Å². The van der Waals surface area contributed by atoms with E-state index in [-0.39, 0.29) is 12.6 Å². The summed E-state index contributed by atoms with van der Waals surface area (Å²) in [5.74, 6) is -0.560. The van der Waals surface area contributed by atoms with E-state index < -0.39 is 11.8 Å². The van der Waals surface area contributed by atoms with Crippen LogP contribution in [-0.4, -0.2) is 23.0 Å². The number of nitrogens with zero attached hydrogens (tertiary/aromatic N) is 1. The fourth-order valence-corrected chi connectivity index (χ4v) is 2.12. The Morgan fingerprint density at radius 3 is 2.64 bits per heavy atom. The summed E-state index contributed by atoms with van der Waals surface area (Å²) in [6.07, 6.45) is 1.89. The molecule has 0 radical (unpaired) electrons. The maximum absolute atomic E-state index is 11.7. The number of aromatic nitrogens is 1. The highest BCUT2D eigenvalue weighted by Gasteiger charge is 2.26. The van der Waals surface area contributed by atoms with E-state index in [2.05, 4.69) is 15.8 Å². The predicted molar refractivity (Wildman–Crippen MR) is 79.7 cm³/mol. The van der Waals surface area contributed by atoms with Crippen molar-refractivity contribution in [3.8, 4) is 11.3 Å². The summed E-state index contributed by atoms with van der Waals surface area (Å²) in [5, 5.41) is 9.18. The van der Waals surface area contributed by atoms with Crippen LogP contribution in [0.2, 0.25) is 0 Å². The molecule has 114 valence electrons. The third-order valence-electron chi connectivity index (χ3n) is 3.59. The first-order valence-corrected chi connectivity index (χ1v) is 7.24. The first-order chi connectivity index (χ1) is 10.6. The molecule has 6 heteroatoms. The average Bonchev–Trinajstić information content (AvgIpc) is 3.27. The second-order valence-electron chi connectivity index (χ2n) is 5.38. The molecule has 1 aromatic heterocycles. The molecule has 3 rings (SSSR count). The smallest absolute Gasteiger partial charge is 0.309 e. The molecule has 2 N–H and O–H groups in total. The Morgan fingerprint density at radius 1 is 1.23 bits per heavy atom. The van der Waals surface area contributed by atoms with Crippen LogP contribution in [0.25, 0.3) is 11.3 Å². The van der Waals surface area contributed by atoms with Gasteiger partial charge in [-0.2, -0.15) is 0 Å². The van der Waals surface area contributed by atoms with Crippen LogP contribution in [-0.2, 0) is 16.1 Å². The molecule has 2 aromatic rings. The minimum atomic E-state index is -0.643. The van der Waals surface area contributed by atoms with Gasteiger partial charge >= 0.3 is 11.8 Å². The zero-order chi connectivity index (χ0) is 15.5. The van der Waals surface area contributed by atoms with E-state index in [1.807, 2.05) is 37.3 Å². The Morgan fingerprint density at radius 2 is 1.95 bits per heavy atom. The molecular formula is C16H17N3O3. The van der Waals surface area contributed by atoms with Crippen LogP contribution in [0.1, 0.15) is 24.1 Å². The Bertz CT molecular complexity index is 690. The molecule has 1 aliphatic rings. The number of hydrogen-bond donors (Lipinski definition) is 2. The van der Waals surface area contributed by atoms with Gasteiger partial charge < -0.3 is 15.2 Å². The van der Waals surface area contributed by atoms with E-state index in [0.29, 0.717) is 11.5 Å². The van der Waals surface area contributed by atoms with Crippen molar-refractivity contribution >= 4 is 11.8 Å². The normalized spacial score (nSPS) is 13.7. The van der Waals surface area contributed by atoms with Gasteiger partial charge in [-0.1, -0.05) is 35.5 Å². The van der Waals surface area contributed by atoms with Crippen molar-refractivity contribution in [2.24, 2.45) is 0 Å². The Balaban J connectivity index is 1.62. The van der Waals surface area contributed by atoms with E-state index >= 15 is 0 Å². The zero-order valence-corrected chi connectivity index (χ0v) is 12.3. The molecule has 0 unspecified atom stereocenters. The van der Waals surface area contributed by atoms with Gasteiger partial charge in [-0.25, -0.2) is 0 Å². The molecule has 1 aliphatic carbocycles. The lowest BCUT2D eigenvalue weighted by molar-refractivity contribution is -0.139. The monoisotopic (exact) mass is 299 g/mol. The van der Waals surface area contributed by atoms with E-state index in [4.69, 9.17) is 4.52 Å². The molecule has 0 saturated heterocycles. The Hall–Kier alpha value is -2.63. The van der Waals surface area contributed by atoms with Gasteiger partial charge in [0, 0.05) is 17.2 Å². The molecule has 0 bridgehead atoms. The maximum atomic E-state index is 11.7. The van der Waals surface area contributed by atoms with Crippen molar-refractivity contribution in [1.29, 1.82) is 0 Å². The van der Waals surface area contributed by atoms with Gasteiger partial charge in [0.2, 0.25) is 0 Å². The first-order valence-electron chi connectivity index (χ1n) is 7.24. The van der Waals surface area contributed by atoms with Crippen LogP contribution in [0.15, 0.2) is 34.9 Å². The van der Waals surface area contributed by atoms with Gasteiger partial charge in [-0.15, -0.1) is 0 Å². The molecule has 1 fully saturated rings. The van der Waals surface area contributed by atoms with E-state index in [1.54, 1.807) is 0 Å². The lowest BCUT2D eigenvalue weighted by atomic mass is 10.1. The summed E-state index contributed by atoms with van der Waals surface area (Å²) in [5.41, 5.74) is 2.40. The van der Waals surface area contributed by atoms with Crippen LogP contribution >= 0.6 is 0 Å². The lowest BCUT2D eigenvalue weighted by Gasteiger charge is -2.04. The minimum Gasteiger partial charge on any atom is -0.356 e. The number of carbonyl (C=O) groups excluding carboxylic acids is 2. The number of benzene rings is 1. The molecule has 6 nitrogen and oxygen atoms in total. The van der Waals surface area contributed by atoms with Crippen molar-refractivity contribution in [2.45, 2.75) is 32.4 Å².